The summed E-state index contributed by atoms with van der Waals surface area (Å²) in [6, 6.07) is 0. The third-order valence-electron chi connectivity index (χ3n) is 3.63. The maximum atomic E-state index is 11.8. The van der Waals surface area contributed by atoms with Gasteiger partial charge in [-0.1, -0.05) is 27.2 Å². The number of ether oxygens (including phenoxy) is 1. The van der Waals surface area contributed by atoms with Gasteiger partial charge in [-0.05, 0) is 52.4 Å². The monoisotopic (exact) mass is 272 g/mol. The third kappa shape index (κ3) is 6.92. The van der Waals surface area contributed by atoms with Gasteiger partial charge in [0.25, 0.3) is 0 Å². The van der Waals surface area contributed by atoms with E-state index in [1.807, 2.05) is 13.8 Å². The predicted octanol–water partition coefficient (Wildman–Crippen LogP) is 2.43. The van der Waals surface area contributed by atoms with Crippen LogP contribution in [-0.4, -0.2) is 49.7 Å². The summed E-state index contributed by atoms with van der Waals surface area (Å²) in [6.45, 7) is 12.4. The van der Waals surface area contributed by atoms with Crippen LogP contribution in [0.1, 0.15) is 53.4 Å². The molecule has 0 aromatic heterocycles. The molecule has 0 saturated heterocycles. The van der Waals surface area contributed by atoms with Gasteiger partial charge in [0.2, 0.25) is 0 Å². The highest BCUT2D eigenvalue weighted by Gasteiger charge is 2.32. The highest BCUT2D eigenvalue weighted by molar-refractivity contribution is 5.80. The van der Waals surface area contributed by atoms with E-state index in [9.17, 15) is 4.79 Å². The Morgan fingerprint density at radius 3 is 2.32 bits per heavy atom. The molecule has 1 atom stereocenters. The molecule has 4 nitrogen and oxygen atoms in total. The smallest absolute Gasteiger partial charge is 0.325 e. The standard InChI is InChI=1S/C15H32N2O2/c1-6-9-12-17(8-3)13-10-11-15(4,16-7-2)14(18)19-5/h16H,6-13H2,1-5H3. The van der Waals surface area contributed by atoms with Crippen LogP contribution < -0.4 is 5.32 Å². The van der Waals surface area contributed by atoms with Crippen LogP contribution in [0.5, 0.6) is 0 Å². The first kappa shape index (κ1) is 18.4. The molecule has 0 fully saturated rings. The van der Waals surface area contributed by atoms with Crippen molar-refractivity contribution in [1.82, 2.24) is 10.2 Å². The molecule has 0 aromatic rings. The zero-order valence-corrected chi connectivity index (χ0v) is 13.4. The number of rotatable bonds is 11. The molecule has 0 aliphatic rings. The van der Waals surface area contributed by atoms with E-state index in [0.29, 0.717) is 0 Å². The van der Waals surface area contributed by atoms with Crippen molar-refractivity contribution in [3.63, 3.8) is 0 Å². The first-order chi connectivity index (χ1) is 9.03. The molecule has 0 saturated carbocycles. The topological polar surface area (TPSA) is 41.6 Å². The van der Waals surface area contributed by atoms with Crippen LogP contribution in [0, 0.1) is 0 Å². The van der Waals surface area contributed by atoms with Crippen LogP contribution >= 0.6 is 0 Å². The zero-order valence-electron chi connectivity index (χ0n) is 13.4. The van der Waals surface area contributed by atoms with Crippen molar-refractivity contribution >= 4 is 5.97 Å². The van der Waals surface area contributed by atoms with Crippen molar-refractivity contribution in [3.8, 4) is 0 Å². The van der Waals surface area contributed by atoms with Gasteiger partial charge in [-0.3, -0.25) is 4.79 Å². The van der Waals surface area contributed by atoms with E-state index in [1.165, 1.54) is 20.0 Å². The van der Waals surface area contributed by atoms with Crippen molar-refractivity contribution in [2.45, 2.75) is 58.9 Å². The molecule has 19 heavy (non-hydrogen) atoms. The fourth-order valence-corrected chi connectivity index (χ4v) is 2.34. The molecule has 1 N–H and O–H groups in total. The van der Waals surface area contributed by atoms with E-state index in [0.717, 1.165) is 39.0 Å². The van der Waals surface area contributed by atoms with Gasteiger partial charge in [0.1, 0.15) is 5.54 Å². The fraction of sp³-hybridized carbons (Fsp3) is 0.933. The Bertz CT molecular complexity index is 246. The number of carbonyl (C=O) groups is 1. The Balaban J connectivity index is 4.20. The van der Waals surface area contributed by atoms with E-state index in [-0.39, 0.29) is 5.97 Å². The molecule has 0 bridgehead atoms. The number of esters is 1. The summed E-state index contributed by atoms with van der Waals surface area (Å²) < 4.78 is 4.90. The Hall–Kier alpha value is -0.610. The number of nitrogens with one attached hydrogen (secondary N) is 1. The van der Waals surface area contributed by atoms with Crippen LogP contribution in [0.3, 0.4) is 0 Å². The quantitative estimate of drug-likeness (QED) is 0.587. The molecule has 1 unspecified atom stereocenters. The number of nitrogens with zero attached hydrogens (tertiary/aromatic N) is 1. The predicted molar refractivity (Wildman–Crippen MR) is 80.4 cm³/mol. The number of likely N-dealkylation sites (N-methyl/N-ethyl adjacent to an activating group) is 1. The van der Waals surface area contributed by atoms with Gasteiger partial charge in [0.15, 0.2) is 0 Å². The minimum atomic E-state index is -0.548. The van der Waals surface area contributed by atoms with E-state index in [1.54, 1.807) is 0 Å². The largest absolute Gasteiger partial charge is 0.468 e. The van der Waals surface area contributed by atoms with Gasteiger partial charge in [0, 0.05) is 0 Å². The van der Waals surface area contributed by atoms with E-state index >= 15 is 0 Å². The number of carbonyl (C=O) groups excluding carboxylic acids is 1. The van der Waals surface area contributed by atoms with Crippen molar-refractivity contribution in [3.05, 3.63) is 0 Å². The highest BCUT2D eigenvalue weighted by atomic mass is 16.5. The lowest BCUT2D eigenvalue weighted by Gasteiger charge is -2.29. The lowest BCUT2D eigenvalue weighted by Crippen LogP contribution is -2.50. The summed E-state index contributed by atoms with van der Waals surface area (Å²) in [7, 11) is 1.46. The summed E-state index contributed by atoms with van der Waals surface area (Å²) in [6.07, 6.45) is 4.30. The van der Waals surface area contributed by atoms with E-state index in [4.69, 9.17) is 4.74 Å². The molecular weight excluding hydrogens is 240 g/mol. The lowest BCUT2D eigenvalue weighted by molar-refractivity contribution is -0.148. The fourth-order valence-electron chi connectivity index (χ4n) is 2.34. The molecule has 0 radical (unpaired) electrons. The highest BCUT2D eigenvalue weighted by Crippen LogP contribution is 2.15. The number of methoxy groups -OCH3 is 1. The number of hydrogen-bond donors (Lipinski definition) is 1. The SMILES string of the molecule is CCCCN(CC)CCCC(C)(NCC)C(=O)OC. The van der Waals surface area contributed by atoms with Crippen LogP contribution in [0.25, 0.3) is 0 Å². The van der Waals surface area contributed by atoms with Crippen LogP contribution in [-0.2, 0) is 9.53 Å². The Morgan fingerprint density at radius 1 is 1.21 bits per heavy atom. The summed E-state index contributed by atoms with van der Waals surface area (Å²) in [5.41, 5.74) is -0.548. The Labute approximate surface area is 118 Å². The van der Waals surface area contributed by atoms with Crippen LogP contribution in [0.4, 0.5) is 0 Å². The second kappa shape index (κ2) is 10.2. The summed E-state index contributed by atoms with van der Waals surface area (Å²) in [5, 5.41) is 3.25. The Morgan fingerprint density at radius 2 is 1.84 bits per heavy atom. The summed E-state index contributed by atoms with van der Waals surface area (Å²) in [4.78, 5) is 14.3. The van der Waals surface area contributed by atoms with Gasteiger partial charge in [-0.2, -0.15) is 0 Å². The normalized spacial score (nSPS) is 14.4. The molecule has 0 aromatic carbocycles. The molecule has 0 spiro atoms. The average molecular weight is 272 g/mol. The molecule has 0 aliphatic carbocycles. The van der Waals surface area contributed by atoms with Crippen molar-refractivity contribution in [2.75, 3.05) is 33.3 Å². The van der Waals surface area contributed by atoms with Gasteiger partial charge in [-0.15, -0.1) is 0 Å². The second-order valence-corrected chi connectivity index (χ2v) is 5.25. The van der Waals surface area contributed by atoms with E-state index in [2.05, 4.69) is 24.1 Å². The maximum absolute atomic E-state index is 11.8. The molecular formula is C15H32N2O2. The van der Waals surface area contributed by atoms with Gasteiger partial charge < -0.3 is 15.0 Å². The first-order valence-electron chi connectivity index (χ1n) is 7.59. The Kier molecular flexibility index (Phi) is 9.88. The van der Waals surface area contributed by atoms with Crippen molar-refractivity contribution in [1.29, 1.82) is 0 Å². The third-order valence-corrected chi connectivity index (χ3v) is 3.63. The molecule has 0 heterocycles. The molecule has 0 amide bonds. The minimum absolute atomic E-state index is 0.161. The number of unbranched alkanes of at least 4 members (excludes halogenated alkanes) is 1. The zero-order chi connectivity index (χ0) is 14.7. The minimum Gasteiger partial charge on any atom is -0.468 e. The summed E-state index contributed by atoms with van der Waals surface area (Å²) in [5.74, 6) is -0.161. The van der Waals surface area contributed by atoms with Gasteiger partial charge in [0.05, 0.1) is 7.11 Å². The van der Waals surface area contributed by atoms with Gasteiger partial charge >= 0.3 is 5.97 Å². The summed E-state index contributed by atoms with van der Waals surface area (Å²) >= 11 is 0. The molecule has 0 aliphatic heterocycles. The molecule has 0 rings (SSSR count). The maximum Gasteiger partial charge on any atom is 0.325 e. The van der Waals surface area contributed by atoms with Gasteiger partial charge in [-0.25, -0.2) is 0 Å². The second-order valence-electron chi connectivity index (χ2n) is 5.25. The van der Waals surface area contributed by atoms with Crippen molar-refractivity contribution < 1.29 is 9.53 Å². The lowest BCUT2D eigenvalue weighted by atomic mass is 9.95. The molecule has 4 heteroatoms. The first-order valence-corrected chi connectivity index (χ1v) is 7.59. The van der Waals surface area contributed by atoms with Crippen LogP contribution in [0.2, 0.25) is 0 Å². The van der Waals surface area contributed by atoms with Crippen molar-refractivity contribution in [2.24, 2.45) is 0 Å². The van der Waals surface area contributed by atoms with E-state index < -0.39 is 5.54 Å². The molecule has 114 valence electrons. The average Bonchev–Trinajstić information content (AvgIpc) is 2.41. The van der Waals surface area contributed by atoms with Crippen LogP contribution in [0.15, 0.2) is 0 Å². The number of hydrogen-bond acceptors (Lipinski definition) is 4.